The molecule has 0 unspecified atom stereocenters. The predicted molar refractivity (Wildman–Crippen MR) is 112 cm³/mol. The minimum atomic E-state index is -0.179. The number of aromatic nitrogens is 3. The Morgan fingerprint density at radius 2 is 2.03 bits per heavy atom. The molecule has 4 aromatic rings. The molecular formula is C23H20N4O3. The second-order valence-corrected chi connectivity index (χ2v) is 7.13. The number of nitrogens with zero attached hydrogens (tertiary/aromatic N) is 4. The van der Waals surface area contributed by atoms with Crippen molar-refractivity contribution in [3.05, 3.63) is 86.9 Å². The van der Waals surface area contributed by atoms with Gasteiger partial charge in [-0.1, -0.05) is 18.2 Å². The maximum absolute atomic E-state index is 12.5. The maximum Gasteiger partial charge on any atom is 0.290 e. The van der Waals surface area contributed by atoms with Crippen LogP contribution in [0.5, 0.6) is 0 Å². The summed E-state index contributed by atoms with van der Waals surface area (Å²) in [7, 11) is 1.60. The van der Waals surface area contributed by atoms with E-state index in [9.17, 15) is 10.1 Å². The number of benzene rings is 2. The van der Waals surface area contributed by atoms with Crippen LogP contribution in [0, 0.1) is 25.2 Å². The van der Waals surface area contributed by atoms with Gasteiger partial charge in [-0.2, -0.15) is 10.0 Å². The molecule has 30 heavy (non-hydrogen) atoms. The quantitative estimate of drug-likeness (QED) is 0.501. The summed E-state index contributed by atoms with van der Waals surface area (Å²) in [5, 5.41) is 17.7. The highest BCUT2D eigenvalue weighted by Crippen LogP contribution is 2.29. The summed E-state index contributed by atoms with van der Waals surface area (Å²) in [6.45, 7) is 3.67. The first-order chi connectivity index (χ1) is 14.5. The third-order valence-electron chi connectivity index (χ3n) is 4.91. The Kier molecular flexibility index (Phi) is 5.07. The molecule has 7 nitrogen and oxygen atoms in total. The van der Waals surface area contributed by atoms with Crippen LogP contribution in [0.3, 0.4) is 0 Å². The maximum atomic E-state index is 12.5. The van der Waals surface area contributed by atoms with E-state index in [0.717, 1.165) is 22.3 Å². The van der Waals surface area contributed by atoms with Gasteiger partial charge >= 0.3 is 0 Å². The average Bonchev–Trinajstić information content (AvgIpc) is 3.29. The molecule has 0 amide bonds. The predicted octanol–water partition coefficient (Wildman–Crippen LogP) is 4.07. The molecule has 0 radical (unpaired) electrons. The van der Waals surface area contributed by atoms with E-state index in [1.807, 2.05) is 37.3 Å². The molecule has 4 rings (SSSR count). The normalized spacial score (nSPS) is 11.7. The van der Waals surface area contributed by atoms with Gasteiger partial charge in [-0.25, -0.2) is 0 Å². The van der Waals surface area contributed by atoms with Gasteiger partial charge in [0, 0.05) is 20.4 Å². The van der Waals surface area contributed by atoms with Crippen molar-refractivity contribution in [3.8, 4) is 6.07 Å². The first kappa shape index (κ1) is 19.4. The summed E-state index contributed by atoms with van der Waals surface area (Å²) in [5.41, 5.74) is 4.55. The van der Waals surface area contributed by atoms with Crippen LogP contribution < -0.4 is 5.56 Å². The molecule has 2 aromatic heterocycles. The van der Waals surface area contributed by atoms with Gasteiger partial charge < -0.3 is 8.94 Å². The van der Waals surface area contributed by atoms with Gasteiger partial charge in [0.2, 0.25) is 11.8 Å². The summed E-state index contributed by atoms with van der Waals surface area (Å²) in [4.78, 5) is 12.5. The number of nitriles is 1. The Morgan fingerprint density at radius 3 is 2.77 bits per heavy atom. The fraction of sp³-hybridized carbons (Fsp3) is 0.217. The Balaban J connectivity index is 1.81. The van der Waals surface area contributed by atoms with Crippen molar-refractivity contribution < 1.29 is 8.94 Å². The highest BCUT2D eigenvalue weighted by molar-refractivity contribution is 5.88. The van der Waals surface area contributed by atoms with Crippen molar-refractivity contribution in [3.63, 3.8) is 0 Å². The Bertz CT molecular complexity index is 1370. The third-order valence-corrected chi connectivity index (χ3v) is 4.91. The first-order valence-corrected chi connectivity index (χ1v) is 9.57. The van der Waals surface area contributed by atoms with Crippen molar-refractivity contribution in [2.75, 3.05) is 0 Å². The summed E-state index contributed by atoms with van der Waals surface area (Å²) in [5.74, 6) is 1.11. The van der Waals surface area contributed by atoms with Crippen molar-refractivity contribution in [2.24, 2.45) is 7.05 Å². The molecular weight excluding hydrogens is 380 g/mol. The molecule has 0 atom stereocenters. The summed E-state index contributed by atoms with van der Waals surface area (Å²) >= 11 is 0. The smallest absolute Gasteiger partial charge is 0.290 e. The van der Waals surface area contributed by atoms with Crippen LogP contribution in [-0.2, 0) is 13.5 Å². The lowest BCUT2D eigenvalue weighted by atomic mass is 9.93. The lowest BCUT2D eigenvalue weighted by Crippen LogP contribution is -2.09. The first-order valence-electron chi connectivity index (χ1n) is 9.57. The molecule has 2 heterocycles. The highest BCUT2D eigenvalue weighted by atomic mass is 16.5. The largest absolute Gasteiger partial charge is 0.426 e. The van der Waals surface area contributed by atoms with E-state index in [4.69, 9.17) is 8.94 Å². The van der Waals surface area contributed by atoms with Crippen LogP contribution in [0.25, 0.3) is 16.5 Å². The zero-order chi connectivity index (χ0) is 21.3. The van der Waals surface area contributed by atoms with Crippen molar-refractivity contribution in [1.82, 2.24) is 14.9 Å². The molecule has 0 aliphatic heterocycles. The number of allylic oxidation sites excluding steroid dienone is 1. The summed E-state index contributed by atoms with van der Waals surface area (Å²) in [6.07, 6.45) is 3.33. The fourth-order valence-electron chi connectivity index (χ4n) is 3.49. The van der Waals surface area contributed by atoms with E-state index in [0.29, 0.717) is 41.2 Å². The Labute approximate surface area is 172 Å². The van der Waals surface area contributed by atoms with Crippen LogP contribution in [0.15, 0.2) is 56.2 Å². The molecule has 0 aliphatic rings. The van der Waals surface area contributed by atoms with Gasteiger partial charge in [-0.3, -0.25) is 4.79 Å². The van der Waals surface area contributed by atoms with Gasteiger partial charge in [0.05, 0.1) is 17.0 Å². The van der Waals surface area contributed by atoms with Crippen LogP contribution in [-0.4, -0.2) is 14.9 Å². The van der Waals surface area contributed by atoms with Gasteiger partial charge in [0.1, 0.15) is 0 Å². The highest BCUT2D eigenvalue weighted by Gasteiger charge is 2.14. The number of rotatable bonds is 5. The standard InChI is InChI=1S/C23H20N4O3/c1-14-10-18(12-20-22(14)30-27(3)23(20)28)19(17-7-4-6-16(11-17)13-24)8-5-9-21-26-25-15(2)29-21/h4,6-8,10-12H,5,9H2,1-3H3/b19-8-. The third kappa shape index (κ3) is 3.67. The second-order valence-electron chi connectivity index (χ2n) is 7.13. The zero-order valence-electron chi connectivity index (χ0n) is 17.0. The molecule has 0 N–H and O–H groups in total. The molecule has 150 valence electrons. The van der Waals surface area contributed by atoms with E-state index >= 15 is 0 Å². The Hall–Kier alpha value is -3.92. The number of hydrogen-bond donors (Lipinski definition) is 0. The van der Waals surface area contributed by atoms with E-state index in [1.165, 1.54) is 4.74 Å². The van der Waals surface area contributed by atoms with Crippen molar-refractivity contribution in [1.29, 1.82) is 5.26 Å². The topological polar surface area (TPSA) is 97.9 Å². The van der Waals surface area contributed by atoms with E-state index in [2.05, 4.69) is 22.3 Å². The molecule has 2 aromatic carbocycles. The molecule has 0 spiro atoms. The average molecular weight is 400 g/mol. The van der Waals surface area contributed by atoms with Crippen LogP contribution in [0.1, 0.15) is 40.5 Å². The Morgan fingerprint density at radius 1 is 1.20 bits per heavy atom. The minimum absolute atomic E-state index is 0.179. The van der Waals surface area contributed by atoms with Crippen LogP contribution in [0.2, 0.25) is 0 Å². The van der Waals surface area contributed by atoms with E-state index < -0.39 is 0 Å². The molecule has 0 saturated carbocycles. The van der Waals surface area contributed by atoms with E-state index in [-0.39, 0.29) is 5.56 Å². The van der Waals surface area contributed by atoms with Gasteiger partial charge in [0.15, 0.2) is 5.58 Å². The van der Waals surface area contributed by atoms with E-state index in [1.54, 1.807) is 20.0 Å². The minimum Gasteiger partial charge on any atom is -0.426 e. The number of fused-ring (bicyclic) bond motifs is 1. The number of hydrogen-bond acceptors (Lipinski definition) is 6. The lowest BCUT2D eigenvalue weighted by Gasteiger charge is -2.10. The van der Waals surface area contributed by atoms with Crippen molar-refractivity contribution >= 4 is 16.5 Å². The fourth-order valence-corrected chi connectivity index (χ4v) is 3.49. The zero-order valence-corrected chi connectivity index (χ0v) is 17.0. The lowest BCUT2D eigenvalue weighted by molar-refractivity contribution is 0.323. The summed E-state index contributed by atoms with van der Waals surface area (Å²) in [6, 6.07) is 13.4. The monoisotopic (exact) mass is 400 g/mol. The van der Waals surface area contributed by atoms with Crippen LogP contribution >= 0.6 is 0 Å². The second kappa shape index (κ2) is 7.84. The number of aryl methyl sites for hydroxylation is 4. The molecule has 0 fully saturated rings. The molecule has 7 heteroatoms. The summed E-state index contributed by atoms with van der Waals surface area (Å²) < 4.78 is 12.3. The van der Waals surface area contributed by atoms with Gasteiger partial charge in [-0.15, -0.1) is 10.2 Å². The molecule has 0 aliphatic carbocycles. The SMILES string of the molecule is Cc1nnc(CC/C=C(/c2cccc(C#N)c2)c2cc(C)c3on(C)c(=O)c3c2)o1. The van der Waals surface area contributed by atoms with Crippen LogP contribution in [0.4, 0.5) is 0 Å². The molecule has 0 saturated heterocycles. The van der Waals surface area contributed by atoms with Gasteiger partial charge in [0.25, 0.3) is 5.56 Å². The molecule has 0 bridgehead atoms. The van der Waals surface area contributed by atoms with Gasteiger partial charge in [-0.05, 0) is 59.9 Å². The van der Waals surface area contributed by atoms with Crippen molar-refractivity contribution in [2.45, 2.75) is 26.7 Å².